The van der Waals surface area contributed by atoms with Crippen LogP contribution in [0.25, 0.3) is 10.1 Å². The normalized spacial score (nSPS) is 20.1. The van der Waals surface area contributed by atoms with Gasteiger partial charge < -0.3 is 5.32 Å². The average Bonchev–Trinajstić information content (AvgIpc) is 2.74. The van der Waals surface area contributed by atoms with Crippen molar-refractivity contribution in [2.75, 3.05) is 13.1 Å². The van der Waals surface area contributed by atoms with Gasteiger partial charge in [0, 0.05) is 15.0 Å². The van der Waals surface area contributed by atoms with Crippen molar-refractivity contribution in [3.05, 3.63) is 35.2 Å². The molecule has 16 heavy (non-hydrogen) atoms. The van der Waals surface area contributed by atoms with Crippen molar-refractivity contribution in [3.8, 4) is 0 Å². The van der Waals surface area contributed by atoms with Crippen molar-refractivity contribution in [3.63, 3.8) is 0 Å². The Balaban J connectivity index is 2.04. The summed E-state index contributed by atoms with van der Waals surface area (Å²) in [6.07, 6.45) is 2.53. The summed E-state index contributed by atoms with van der Waals surface area (Å²) in [5.41, 5.74) is 0.398. The highest BCUT2D eigenvalue weighted by atomic mass is 32.1. The Morgan fingerprint density at radius 1 is 1.19 bits per heavy atom. The van der Waals surface area contributed by atoms with Crippen LogP contribution in [0.5, 0.6) is 0 Å². The molecule has 0 radical (unpaired) electrons. The molecule has 0 unspecified atom stereocenters. The molecule has 1 aromatic carbocycles. The molecule has 3 rings (SSSR count). The van der Waals surface area contributed by atoms with Crippen LogP contribution in [0, 0.1) is 0 Å². The minimum absolute atomic E-state index is 0.398. The van der Waals surface area contributed by atoms with E-state index >= 15 is 0 Å². The zero-order valence-corrected chi connectivity index (χ0v) is 10.4. The van der Waals surface area contributed by atoms with E-state index in [4.69, 9.17) is 0 Å². The maximum atomic E-state index is 3.45. The summed E-state index contributed by atoms with van der Waals surface area (Å²) in [6.45, 7) is 4.73. The molecular formula is C14H17NS. The van der Waals surface area contributed by atoms with E-state index in [-0.39, 0.29) is 0 Å². The van der Waals surface area contributed by atoms with Crippen LogP contribution in [0.4, 0.5) is 0 Å². The third-order valence-electron chi connectivity index (χ3n) is 3.73. The van der Waals surface area contributed by atoms with Gasteiger partial charge in [-0.2, -0.15) is 0 Å². The third-order valence-corrected chi connectivity index (χ3v) is 5.15. The lowest BCUT2D eigenvalue weighted by molar-refractivity contribution is 0.341. The second-order valence-electron chi connectivity index (χ2n) is 4.96. The quantitative estimate of drug-likeness (QED) is 0.791. The van der Waals surface area contributed by atoms with Crippen LogP contribution in [0.3, 0.4) is 0 Å². The zero-order chi connectivity index (χ0) is 11.0. The number of thiophene rings is 1. The summed E-state index contributed by atoms with van der Waals surface area (Å²) >= 11 is 1.97. The van der Waals surface area contributed by atoms with Crippen LogP contribution in [0.1, 0.15) is 24.6 Å². The molecule has 2 aromatic rings. The minimum atomic E-state index is 0.398. The predicted octanol–water partition coefficient (Wildman–Crippen LogP) is 3.54. The molecule has 0 amide bonds. The van der Waals surface area contributed by atoms with Gasteiger partial charge in [0.05, 0.1) is 0 Å². The SMILES string of the molecule is CC1(c2cc3ccccc3s2)CCNCC1. The van der Waals surface area contributed by atoms with E-state index in [1.807, 2.05) is 11.3 Å². The first-order chi connectivity index (χ1) is 7.78. The summed E-state index contributed by atoms with van der Waals surface area (Å²) in [5, 5.41) is 4.85. The van der Waals surface area contributed by atoms with Gasteiger partial charge in [0.25, 0.3) is 0 Å². The number of rotatable bonds is 1. The van der Waals surface area contributed by atoms with Gasteiger partial charge in [0.15, 0.2) is 0 Å². The molecular weight excluding hydrogens is 214 g/mol. The van der Waals surface area contributed by atoms with Crippen molar-refractivity contribution in [1.29, 1.82) is 0 Å². The molecule has 2 heterocycles. The fourth-order valence-corrected chi connectivity index (χ4v) is 3.77. The van der Waals surface area contributed by atoms with Gasteiger partial charge >= 0.3 is 0 Å². The van der Waals surface area contributed by atoms with E-state index in [9.17, 15) is 0 Å². The number of benzene rings is 1. The summed E-state index contributed by atoms with van der Waals surface area (Å²) in [6, 6.07) is 11.1. The summed E-state index contributed by atoms with van der Waals surface area (Å²) in [5.74, 6) is 0. The molecule has 2 heteroatoms. The number of hydrogen-bond donors (Lipinski definition) is 1. The highest BCUT2D eigenvalue weighted by molar-refractivity contribution is 7.19. The van der Waals surface area contributed by atoms with Gasteiger partial charge in [-0.3, -0.25) is 0 Å². The topological polar surface area (TPSA) is 12.0 Å². The van der Waals surface area contributed by atoms with E-state index in [1.165, 1.54) is 22.9 Å². The predicted molar refractivity (Wildman–Crippen MR) is 71.3 cm³/mol. The van der Waals surface area contributed by atoms with Gasteiger partial charge in [0.1, 0.15) is 0 Å². The molecule has 1 fully saturated rings. The largest absolute Gasteiger partial charge is 0.317 e. The Labute approximate surface area is 100 Å². The Morgan fingerprint density at radius 3 is 2.69 bits per heavy atom. The first-order valence-electron chi connectivity index (χ1n) is 5.98. The summed E-state index contributed by atoms with van der Waals surface area (Å²) in [7, 11) is 0. The van der Waals surface area contributed by atoms with E-state index < -0.39 is 0 Å². The second-order valence-corrected chi connectivity index (χ2v) is 6.04. The van der Waals surface area contributed by atoms with E-state index in [1.54, 1.807) is 4.88 Å². The Morgan fingerprint density at radius 2 is 1.94 bits per heavy atom. The summed E-state index contributed by atoms with van der Waals surface area (Å²) < 4.78 is 1.43. The maximum Gasteiger partial charge on any atom is 0.0345 e. The highest BCUT2D eigenvalue weighted by Gasteiger charge is 2.30. The highest BCUT2D eigenvalue weighted by Crippen LogP contribution is 2.39. The van der Waals surface area contributed by atoms with Crippen LogP contribution in [0.15, 0.2) is 30.3 Å². The number of nitrogens with one attached hydrogen (secondary N) is 1. The number of fused-ring (bicyclic) bond motifs is 1. The van der Waals surface area contributed by atoms with Crippen molar-refractivity contribution >= 4 is 21.4 Å². The first-order valence-corrected chi connectivity index (χ1v) is 6.79. The zero-order valence-electron chi connectivity index (χ0n) is 9.62. The Kier molecular flexibility index (Phi) is 2.49. The lowest BCUT2D eigenvalue weighted by Crippen LogP contribution is -2.37. The van der Waals surface area contributed by atoms with Crippen molar-refractivity contribution in [2.45, 2.75) is 25.2 Å². The van der Waals surface area contributed by atoms with Gasteiger partial charge in [-0.15, -0.1) is 11.3 Å². The van der Waals surface area contributed by atoms with Crippen LogP contribution in [-0.2, 0) is 5.41 Å². The summed E-state index contributed by atoms with van der Waals surface area (Å²) in [4.78, 5) is 1.57. The van der Waals surface area contributed by atoms with Gasteiger partial charge in [-0.25, -0.2) is 0 Å². The molecule has 1 aromatic heterocycles. The molecule has 1 aliphatic rings. The van der Waals surface area contributed by atoms with Crippen LogP contribution < -0.4 is 5.32 Å². The van der Waals surface area contributed by atoms with Crippen molar-refractivity contribution in [1.82, 2.24) is 5.32 Å². The lowest BCUT2D eigenvalue weighted by atomic mass is 9.79. The first kappa shape index (κ1) is 10.3. The van der Waals surface area contributed by atoms with E-state index in [0.29, 0.717) is 5.41 Å². The average molecular weight is 231 g/mol. The lowest BCUT2D eigenvalue weighted by Gasteiger charge is -2.33. The molecule has 0 saturated carbocycles. The van der Waals surface area contributed by atoms with Crippen LogP contribution >= 0.6 is 11.3 Å². The molecule has 84 valence electrons. The monoisotopic (exact) mass is 231 g/mol. The van der Waals surface area contributed by atoms with E-state index in [2.05, 4.69) is 42.6 Å². The molecule has 1 nitrogen and oxygen atoms in total. The molecule has 1 saturated heterocycles. The minimum Gasteiger partial charge on any atom is -0.317 e. The van der Waals surface area contributed by atoms with Crippen molar-refractivity contribution in [2.24, 2.45) is 0 Å². The smallest absolute Gasteiger partial charge is 0.0345 e. The molecule has 0 spiro atoms. The maximum absolute atomic E-state index is 3.45. The fourth-order valence-electron chi connectivity index (χ4n) is 2.50. The third kappa shape index (κ3) is 1.66. The van der Waals surface area contributed by atoms with Crippen LogP contribution in [0.2, 0.25) is 0 Å². The standard InChI is InChI=1S/C14H17NS/c1-14(6-8-15-9-7-14)13-10-11-4-2-3-5-12(11)16-13/h2-5,10,15H,6-9H2,1H3. The molecule has 1 N–H and O–H groups in total. The second kappa shape index (κ2) is 3.86. The van der Waals surface area contributed by atoms with Gasteiger partial charge in [-0.1, -0.05) is 25.1 Å². The fraction of sp³-hybridized carbons (Fsp3) is 0.429. The molecule has 1 aliphatic heterocycles. The van der Waals surface area contributed by atoms with E-state index in [0.717, 1.165) is 13.1 Å². The molecule has 0 atom stereocenters. The van der Waals surface area contributed by atoms with Crippen molar-refractivity contribution < 1.29 is 0 Å². The molecule has 0 aliphatic carbocycles. The Hall–Kier alpha value is -0.860. The Bertz CT molecular complexity index is 461. The van der Waals surface area contributed by atoms with Gasteiger partial charge in [0.2, 0.25) is 0 Å². The van der Waals surface area contributed by atoms with Gasteiger partial charge in [-0.05, 0) is 43.5 Å². The van der Waals surface area contributed by atoms with Crippen LogP contribution in [-0.4, -0.2) is 13.1 Å². The number of hydrogen-bond acceptors (Lipinski definition) is 2. The molecule has 0 bridgehead atoms. The number of piperidine rings is 1.